The molecule has 1 aromatic carbocycles. The molecule has 126 valence electrons. The van der Waals surface area contributed by atoms with Gasteiger partial charge in [-0.2, -0.15) is 0 Å². The third-order valence-electron chi connectivity index (χ3n) is 4.51. The Morgan fingerprint density at radius 3 is 3.00 bits per heavy atom. The molecule has 0 amide bonds. The fourth-order valence-corrected chi connectivity index (χ4v) is 4.19. The van der Waals surface area contributed by atoms with Crippen molar-refractivity contribution >= 4 is 22.9 Å². The van der Waals surface area contributed by atoms with Crippen LogP contribution in [-0.4, -0.2) is 25.2 Å². The van der Waals surface area contributed by atoms with Crippen LogP contribution in [0, 0.1) is 5.82 Å². The van der Waals surface area contributed by atoms with Gasteiger partial charge >= 0.3 is 0 Å². The van der Waals surface area contributed by atoms with Gasteiger partial charge in [0, 0.05) is 12.1 Å². The van der Waals surface area contributed by atoms with E-state index in [2.05, 4.69) is 22.7 Å². The maximum absolute atomic E-state index is 14.5. The lowest BCUT2D eigenvalue weighted by Gasteiger charge is -2.14. The number of ether oxygens (including phenoxy) is 1. The molecule has 2 atom stereocenters. The van der Waals surface area contributed by atoms with Crippen LogP contribution in [0.2, 0.25) is 0 Å². The Kier molecular flexibility index (Phi) is 4.12. The highest BCUT2D eigenvalue weighted by Gasteiger charge is 2.36. The maximum atomic E-state index is 14.5. The van der Waals surface area contributed by atoms with E-state index < -0.39 is 0 Å². The third-order valence-corrected chi connectivity index (χ3v) is 5.56. The van der Waals surface area contributed by atoms with Gasteiger partial charge in [0.1, 0.15) is 11.9 Å². The van der Waals surface area contributed by atoms with Crippen molar-refractivity contribution in [1.82, 2.24) is 16.2 Å². The highest BCUT2D eigenvalue weighted by molar-refractivity contribution is 8.06. The van der Waals surface area contributed by atoms with E-state index in [1.165, 1.54) is 0 Å². The number of hydrazine groups is 1. The van der Waals surface area contributed by atoms with Gasteiger partial charge in [0.25, 0.3) is 0 Å². The van der Waals surface area contributed by atoms with Gasteiger partial charge in [-0.3, -0.25) is 5.43 Å². The molecule has 4 rings (SSSR count). The molecule has 1 aromatic rings. The van der Waals surface area contributed by atoms with Crippen molar-refractivity contribution in [3.05, 3.63) is 57.9 Å². The molecule has 4 nitrogen and oxygen atoms in total. The second kappa shape index (κ2) is 6.27. The molecule has 2 unspecified atom stereocenters. The lowest BCUT2D eigenvalue weighted by molar-refractivity contribution is 0.116. The molecule has 0 aromatic heterocycles. The van der Waals surface area contributed by atoms with Gasteiger partial charge in [-0.05, 0) is 42.5 Å². The summed E-state index contributed by atoms with van der Waals surface area (Å²) in [4.78, 5) is 1.07. The lowest BCUT2D eigenvalue weighted by Crippen LogP contribution is -2.34. The highest BCUT2D eigenvalue weighted by Crippen LogP contribution is 2.43. The van der Waals surface area contributed by atoms with E-state index in [0.717, 1.165) is 47.0 Å². The molecule has 1 saturated heterocycles. The molecule has 1 fully saturated rings. The average molecular weight is 345 g/mol. The number of benzene rings is 1. The van der Waals surface area contributed by atoms with Crippen LogP contribution in [0.1, 0.15) is 24.5 Å². The predicted molar refractivity (Wildman–Crippen MR) is 96.1 cm³/mol. The zero-order chi connectivity index (χ0) is 16.7. The molecular weight excluding hydrogens is 325 g/mol. The molecule has 3 heterocycles. The molecule has 24 heavy (non-hydrogen) atoms. The van der Waals surface area contributed by atoms with Crippen LogP contribution in [0.4, 0.5) is 4.39 Å². The van der Waals surface area contributed by atoms with Gasteiger partial charge in [0.2, 0.25) is 5.88 Å². The van der Waals surface area contributed by atoms with Crippen LogP contribution in [0.25, 0.3) is 11.1 Å². The summed E-state index contributed by atoms with van der Waals surface area (Å²) in [5, 5.41) is 5.29. The molecule has 0 saturated carbocycles. The topological polar surface area (TPSA) is 45.3 Å². The summed E-state index contributed by atoms with van der Waals surface area (Å²) in [6.07, 6.45) is 1.20. The van der Waals surface area contributed by atoms with Gasteiger partial charge in [-0.15, -0.1) is 0 Å². The van der Waals surface area contributed by atoms with E-state index in [0.29, 0.717) is 5.56 Å². The van der Waals surface area contributed by atoms with Gasteiger partial charge < -0.3 is 10.1 Å². The first kappa shape index (κ1) is 15.7. The second-order valence-electron chi connectivity index (χ2n) is 6.29. The molecule has 0 aliphatic carbocycles. The Labute approximate surface area is 145 Å². The zero-order valence-corrected chi connectivity index (χ0v) is 14.3. The maximum Gasteiger partial charge on any atom is 0.213 e. The summed E-state index contributed by atoms with van der Waals surface area (Å²) in [5.41, 5.74) is 9.56. The second-order valence-corrected chi connectivity index (χ2v) is 7.21. The minimum Gasteiger partial charge on any atom is -0.473 e. The van der Waals surface area contributed by atoms with Crippen LogP contribution in [0.15, 0.2) is 41.0 Å². The number of halogens is 1. The SMILES string of the molecule is C=C(C)c1ccc(C2=CSC3=C(OC4CCNC4)NNC23)c(F)c1. The van der Waals surface area contributed by atoms with Crippen molar-refractivity contribution in [3.8, 4) is 0 Å². The van der Waals surface area contributed by atoms with Gasteiger partial charge in [-0.25, -0.2) is 9.82 Å². The van der Waals surface area contributed by atoms with Crippen LogP contribution >= 0.6 is 11.8 Å². The number of allylic oxidation sites excluding steroid dienone is 1. The van der Waals surface area contributed by atoms with Gasteiger partial charge in [-0.1, -0.05) is 36.0 Å². The fourth-order valence-electron chi connectivity index (χ4n) is 3.15. The average Bonchev–Trinajstić information content (AvgIpc) is 3.27. The summed E-state index contributed by atoms with van der Waals surface area (Å²) >= 11 is 1.59. The van der Waals surface area contributed by atoms with Crippen molar-refractivity contribution in [1.29, 1.82) is 0 Å². The smallest absolute Gasteiger partial charge is 0.213 e. The van der Waals surface area contributed by atoms with E-state index in [1.54, 1.807) is 17.8 Å². The van der Waals surface area contributed by atoms with Crippen molar-refractivity contribution in [2.75, 3.05) is 13.1 Å². The summed E-state index contributed by atoms with van der Waals surface area (Å²) in [6.45, 7) is 7.60. The highest BCUT2D eigenvalue weighted by atomic mass is 32.2. The van der Waals surface area contributed by atoms with Crippen LogP contribution in [0.3, 0.4) is 0 Å². The van der Waals surface area contributed by atoms with E-state index >= 15 is 0 Å². The minimum atomic E-state index is -0.222. The Balaban J connectivity index is 1.56. The summed E-state index contributed by atoms with van der Waals surface area (Å²) in [6, 6.07) is 5.23. The van der Waals surface area contributed by atoms with Gasteiger partial charge in [0.05, 0.1) is 10.9 Å². The monoisotopic (exact) mass is 345 g/mol. The number of nitrogens with one attached hydrogen (secondary N) is 3. The summed E-state index contributed by atoms with van der Waals surface area (Å²) in [5.74, 6) is 0.545. The number of fused-ring (bicyclic) bond motifs is 1. The molecule has 0 bridgehead atoms. The molecule has 3 N–H and O–H groups in total. The van der Waals surface area contributed by atoms with Crippen LogP contribution in [-0.2, 0) is 4.74 Å². The Morgan fingerprint density at radius 2 is 2.29 bits per heavy atom. The number of thioether (sulfide) groups is 1. The molecular formula is C18H20FN3OS. The normalized spacial score (nSPS) is 25.5. The van der Waals surface area contributed by atoms with Crippen molar-refractivity contribution in [3.63, 3.8) is 0 Å². The molecule has 0 radical (unpaired) electrons. The Morgan fingerprint density at radius 1 is 1.42 bits per heavy atom. The largest absolute Gasteiger partial charge is 0.473 e. The van der Waals surface area contributed by atoms with E-state index in [1.807, 2.05) is 24.5 Å². The third kappa shape index (κ3) is 2.75. The van der Waals surface area contributed by atoms with Crippen LogP contribution < -0.4 is 16.2 Å². The zero-order valence-electron chi connectivity index (χ0n) is 13.5. The molecule has 3 aliphatic heterocycles. The first-order valence-corrected chi connectivity index (χ1v) is 8.97. The first-order chi connectivity index (χ1) is 11.6. The Bertz CT molecular complexity index is 753. The van der Waals surface area contributed by atoms with E-state index in [4.69, 9.17) is 4.74 Å². The van der Waals surface area contributed by atoms with Gasteiger partial charge in [0.15, 0.2) is 0 Å². The van der Waals surface area contributed by atoms with E-state index in [-0.39, 0.29) is 18.0 Å². The predicted octanol–water partition coefficient (Wildman–Crippen LogP) is 2.97. The fraction of sp³-hybridized carbons (Fsp3) is 0.333. The lowest BCUT2D eigenvalue weighted by atomic mass is 9.97. The number of hydrogen-bond acceptors (Lipinski definition) is 5. The standard InChI is InChI=1S/C18H20FN3OS/c1-10(2)11-3-4-13(15(19)7-11)14-9-24-17-16(14)21-22-18(17)23-12-5-6-20-8-12/h3-4,7,9,12,16,20-22H,1,5-6,8H2,2H3. The number of rotatable bonds is 4. The van der Waals surface area contributed by atoms with Crippen molar-refractivity contribution in [2.24, 2.45) is 0 Å². The van der Waals surface area contributed by atoms with E-state index in [9.17, 15) is 4.39 Å². The van der Waals surface area contributed by atoms with Crippen molar-refractivity contribution < 1.29 is 9.13 Å². The molecule has 0 spiro atoms. The summed E-state index contributed by atoms with van der Waals surface area (Å²) in [7, 11) is 0. The number of hydrogen-bond donors (Lipinski definition) is 3. The van der Waals surface area contributed by atoms with Crippen molar-refractivity contribution in [2.45, 2.75) is 25.5 Å². The molecule has 6 heteroatoms. The van der Waals surface area contributed by atoms with Crippen LogP contribution in [0.5, 0.6) is 0 Å². The summed E-state index contributed by atoms with van der Waals surface area (Å²) < 4.78 is 20.6. The first-order valence-electron chi connectivity index (χ1n) is 8.09. The molecule has 3 aliphatic rings. The Hall–Kier alpha value is -1.76. The quantitative estimate of drug-likeness (QED) is 0.783. The minimum absolute atomic E-state index is 0.0652.